The Bertz CT molecular complexity index is 951. The molecule has 0 saturated carbocycles. The maximum Gasteiger partial charge on any atom is 0.326 e. The molecule has 0 bridgehead atoms. The van der Waals surface area contributed by atoms with E-state index >= 15 is 0 Å². The number of esters is 1. The second kappa shape index (κ2) is 8.96. The molecular formula is C19H19ClN2O3S. The fraction of sp³-hybridized carbons (Fsp3) is 0.263. The first-order valence-electron chi connectivity index (χ1n) is 8.35. The molecular weight excluding hydrogens is 372 g/mol. The monoisotopic (exact) mass is 390 g/mol. The van der Waals surface area contributed by atoms with Crippen LogP contribution in [0, 0.1) is 0 Å². The predicted octanol–water partition coefficient (Wildman–Crippen LogP) is 4.10. The van der Waals surface area contributed by atoms with Crippen LogP contribution < -0.4 is 5.69 Å². The van der Waals surface area contributed by atoms with E-state index in [1.807, 2.05) is 48.5 Å². The summed E-state index contributed by atoms with van der Waals surface area (Å²) in [5.74, 6) is 0.376. The Morgan fingerprint density at radius 1 is 1.15 bits per heavy atom. The number of H-pyrrole nitrogens is 1. The molecule has 136 valence electrons. The number of aromatic nitrogens is 2. The summed E-state index contributed by atoms with van der Waals surface area (Å²) in [4.78, 5) is 27.5. The topological polar surface area (TPSA) is 64.1 Å². The molecule has 0 aliphatic rings. The number of para-hydroxylation sites is 2. The molecule has 0 amide bonds. The highest BCUT2D eigenvalue weighted by atomic mass is 35.5. The van der Waals surface area contributed by atoms with Crippen molar-refractivity contribution in [3.63, 3.8) is 0 Å². The molecule has 26 heavy (non-hydrogen) atoms. The van der Waals surface area contributed by atoms with Gasteiger partial charge in [0.1, 0.15) is 0 Å². The zero-order valence-corrected chi connectivity index (χ0v) is 15.7. The van der Waals surface area contributed by atoms with Gasteiger partial charge in [-0.2, -0.15) is 0 Å². The van der Waals surface area contributed by atoms with Gasteiger partial charge in [0.25, 0.3) is 0 Å². The molecule has 0 radical (unpaired) electrons. The van der Waals surface area contributed by atoms with E-state index in [4.69, 9.17) is 16.3 Å². The first-order chi connectivity index (χ1) is 12.6. The minimum Gasteiger partial charge on any atom is -0.466 e. The van der Waals surface area contributed by atoms with Gasteiger partial charge in [-0.15, -0.1) is 11.8 Å². The summed E-state index contributed by atoms with van der Waals surface area (Å²) < 4.78 is 6.91. The van der Waals surface area contributed by atoms with E-state index in [9.17, 15) is 9.59 Å². The van der Waals surface area contributed by atoms with Crippen LogP contribution in [0.3, 0.4) is 0 Å². The van der Waals surface area contributed by atoms with Gasteiger partial charge in [-0.3, -0.25) is 9.36 Å². The molecule has 3 rings (SSSR count). The number of hydrogen-bond acceptors (Lipinski definition) is 4. The summed E-state index contributed by atoms with van der Waals surface area (Å²) in [6.07, 6.45) is 0.911. The van der Waals surface area contributed by atoms with E-state index in [2.05, 4.69) is 4.98 Å². The van der Waals surface area contributed by atoms with Gasteiger partial charge in [0, 0.05) is 17.2 Å². The van der Waals surface area contributed by atoms with Gasteiger partial charge in [-0.05, 0) is 30.7 Å². The van der Waals surface area contributed by atoms with Crippen LogP contribution in [0.2, 0.25) is 5.02 Å². The fourth-order valence-electron chi connectivity index (χ4n) is 2.62. The number of benzene rings is 2. The van der Waals surface area contributed by atoms with Crippen LogP contribution >= 0.6 is 23.4 Å². The molecule has 0 aliphatic heterocycles. The summed E-state index contributed by atoms with van der Waals surface area (Å²) in [7, 11) is 0. The fourth-order valence-corrected chi connectivity index (χ4v) is 3.78. The van der Waals surface area contributed by atoms with Crippen LogP contribution in [0.4, 0.5) is 0 Å². The van der Waals surface area contributed by atoms with Crippen LogP contribution in [-0.2, 0) is 16.1 Å². The third-order valence-corrected chi connectivity index (χ3v) is 5.39. The molecule has 3 aromatic rings. The van der Waals surface area contributed by atoms with Crippen molar-refractivity contribution >= 4 is 40.4 Å². The van der Waals surface area contributed by atoms with Crippen molar-refractivity contribution in [3.8, 4) is 0 Å². The molecule has 0 unspecified atom stereocenters. The molecule has 0 aliphatic carbocycles. The van der Waals surface area contributed by atoms with Gasteiger partial charge < -0.3 is 9.72 Å². The second-order valence-electron chi connectivity index (χ2n) is 5.70. The number of halogens is 1. The van der Waals surface area contributed by atoms with E-state index in [-0.39, 0.29) is 11.7 Å². The zero-order chi connectivity index (χ0) is 18.4. The maximum atomic E-state index is 12.0. The summed E-state index contributed by atoms with van der Waals surface area (Å²) in [5, 5.41) is 0.690. The minimum atomic E-state index is -0.240. The number of aryl methyl sites for hydroxylation is 1. The number of thioether (sulfide) groups is 1. The van der Waals surface area contributed by atoms with E-state index in [0.29, 0.717) is 36.8 Å². The van der Waals surface area contributed by atoms with E-state index in [0.717, 1.165) is 15.9 Å². The molecule has 1 heterocycles. The Labute approximate surface area is 160 Å². The van der Waals surface area contributed by atoms with Crippen molar-refractivity contribution in [3.05, 3.63) is 64.0 Å². The quantitative estimate of drug-likeness (QED) is 0.357. The molecule has 2 aromatic carbocycles. The average molecular weight is 391 g/mol. The molecule has 0 saturated heterocycles. The molecule has 1 N–H and O–H groups in total. The normalized spacial score (nSPS) is 11.0. The van der Waals surface area contributed by atoms with Crippen molar-refractivity contribution in [2.75, 3.05) is 12.4 Å². The number of carbonyl (C=O) groups is 1. The molecule has 7 heteroatoms. The van der Waals surface area contributed by atoms with E-state index in [1.54, 1.807) is 4.57 Å². The number of rotatable bonds is 8. The van der Waals surface area contributed by atoms with Crippen molar-refractivity contribution in [1.29, 1.82) is 0 Å². The van der Waals surface area contributed by atoms with E-state index < -0.39 is 0 Å². The second-order valence-corrected chi connectivity index (χ2v) is 7.25. The highest BCUT2D eigenvalue weighted by Gasteiger charge is 2.07. The lowest BCUT2D eigenvalue weighted by molar-refractivity contribution is -0.143. The molecule has 1 aromatic heterocycles. The first-order valence-corrected chi connectivity index (χ1v) is 9.72. The van der Waals surface area contributed by atoms with Gasteiger partial charge in [0.05, 0.1) is 29.1 Å². The molecule has 0 spiro atoms. The summed E-state index contributed by atoms with van der Waals surface area (Å²) >= 11 is 7.61. The lowest BCUT2D eigenvalue weighted by Gasteiger charge is -2.06. The Hall–Kier alpha value is -2.18. The largest absolute Gasteiger partial charge is 0.466 e. The van der Waals surface area contributed by atoms with Gasteiger partial charge >= 0.3 is 11.7 Å². The van der Waals surface area contributed by atoms with Crippen LogP contribution in [0.1, 0.15) is 12.8 Å². The number of ether oxygens (including phenoxy) is 1. The highest BCUT2D eigenvalue weighted by molar-refractivity contribution is 7.99. The molecule has 5 nitrogen and oxygen atoms in total. The third kappa shape index (κ3) is 4.71. The smallest absolute Gasteiger partial charge is 0.326 e. The Morgan fingerprint density at radius 3 is 2.77 bits per heavy atom. The molecule has 0 fully saturated rings. The van der Waals surface area contributed by atoms with Crippen molar-refractivity contribution in [2.24, 2.45) is 0 Å². The highest BCUT2D eigenvalue weighted by Crippen LogP contribution is 2.26. The third-order valence-electron chi connectivity index (χ3n) is 3.87. The van der Waals surface area contributed by atoms with Crippen LogP contribution in [0.5, 0.6) is 0 Å². The summed E-state index contributed by atoms with van der Waals surface area (Å²) in [6, 6.07) is 15.1. The summed E-state index contributed by atoms with van der Waals surface area (Å²) in [6.45, 7) is 0.798. The number of fused-ring (bicyclic) bond motifs is 1. The van der Waals surface area contributed by atoms with Gasteiger partial charge in [0.2, 0.25) is 0 Å². The van der Waals surface area contributed by atoms with Crippen LogP contribution in [0.15, 0.2) is 58.2 Å². The summed E-state index contributed by atoms with van der Waals surface area (Å²) in [5.41, 5.74) is 1.53. The number of nitrogens with one attached hydrogen (secondary N) is 1. The van der Waals surface area contributed by atoms with Crippen molar-refractivity contribution < 1.29 is 9.53 Å². The number of carbonyl (C=O) groups excluding carboxylic acids is 1. The zero-order valence-electron chi connectivity index (χ0n) is 14.1. The predicted molar refractivity (Wildman–Crippen MR) is 105 cm³/mol. The van der Waals surface area contributed by atoms with Crippen molar-refractivity contribution in [1.82, 2.24) is 9.55 Å². The maximum absolute atomic E-state index is 12.0. The number of hydrogen-bond donors (Lipinski definition) is 1. The average Bonchev–Trinajstić information content (AvgIpc) is 2.96. The molecule has 0 atom stereocenters. The first kappa shape index (κ1) is 18.6. The van der Waals surface area contributed by atoms with Crippen LogP contribution in [-0.4, -0.2) is 27.9 Å². The Morgan fingerprint density at radius 2 is 1.92 bits per heavy atom. The van der Waals surface area contributed by atoms with E-state index in [1.165, 1.54) is 11.8 Å². The lowest BCUT2D eigenvalue weighted by atomic mass is 10.3. The minimum absolute atomic E-state index is 0.145. The lowest BCUT2D eigenvalue weighted by Crippen LogP contribution is -2.18. The number of aromatic amines is 1. The Kier molecular flexibility index (Phi) is 6.41. The van der Waals surface area contributed by atoms with Gasteiger partial charge in [-0.25, -0.2) is 4.79 Å². The van der Waals surface area contributed by atoms with Crippen molar-refractivity contribution in [2.45, 2.75) is 24.3 Å². The van der Waals surface area contributed by atoms with Gasteiger partial charge in [0.15, 0.2) is 0 Å². The van der Waals surface area contributed by atoms with Crippen LogP contribution in [0.25, 0.3) is 11.0 Å². The number of nitrogens with zero attached hydrogens (tertiary/aromatic N) is 1. The Balaban J connectivity index is 1.39. The SMILES string of the molecule is O=C(CCSc1ccccc1Cl)OCCCn1c(=O)[nH]c2ccccc21. The number of imidazole rings is 1. The standard InChI is InChI=1S/C19H19ClN2O3S/c20-14-6-1-4-9-17(14)26-13-10-18(23)25-12-5-11-22-16-8-3-2-7-15(16)21-19(22)24/h1-4,6-9H,5,10-13H2,(H,21,24). The van der Waals surface area contributed by atoms with Gasteiger partial charge in [-0.1, -0.05) is 35.9 Å².